The Morgan fingerprint density at radius 1 is 1.53 bits per heavy atom. The van der Waals surface area contributed by atoms with Crippen molar-refractivity contribution in [2.75, 3.05) is 0 Å². The molecule has 0 aliphatic carbocycles. The third-order valence-electron chi connectivity index (χ3n) is 2.57. The van der Waals surface area contributed by atoms with Crippen LogP contribution in [-0.4, -0.2) is 16.0 Å². The van der Waals surface area contributed by atoms with E-state index in [4.69, 9.17) is 5.73 Å². The van der Waals surface area contributed by atoms with E-state index in [0.717, 1.165) is 16.9 Å². The lowest BCUT2D eigenvalue weighted by atomic mass is 10.0. The lowest BCUT2D eigenvalue weighted by Gasteiger charge is -2.12. The molecule has 1 aromatic rings. The van der Waals surface area contributed by atoms with Gasteiger partial charge in [0.25, 0.3) is 0 Å². The normalized spacial score (nSPS) is 21.4. The fourth-order valence-corrected chi connectivity index (χ4v) is 3.07. The summed E-state index contributed by atoms with van der Waals surface area (Å²) in [4.78, 5) is 16.9. The number of pyridine rings is 1. The first kappa shape index (κ1) is 14.2. The molecule has 2 rings (SSSR count). The Balaban J connectivity index is 0.000000686. The Morgan fingerprint density at radius 2 is 2.24 bits per heavy atom. The van der Waals surface area contributed by atoms with Crippen molar-refractivity contribution in [3.8, 4) is 0 Å². The topological polar surface area (TPSA) is 56.0 Å². The smallest absolute Gasteiger partial charge is 0.148 e. The number of thioether (sulfide) groups is 1. The van der Waals surface area contributed by atoms with Gasteiger partial charge in [0.15, 0.2) is 0 Å². The highest BCUT2D eigenvalue weighted by Crippen LogP contribution is 2.42. The van der Waals surface area contributed by atoms with Crippen LogP contribution in [0.25, 0.3) is 0 Å². The van der Waals surface area contributed by atoms with Crippen molar-refractivity contribution >= 4 is 17.5 Å². The van der Waals surface area contributed by atoms with Crippen LogP contribution in [0.1, 0.15) is 45.2 Å². The van der Waals surface area contributed by atoms with Crippen LogP contribution < -0.4 is 5.73 Å². The summed E-state index contributed by atoms with van der Waals surface area (Å²) in [5.41, 5.74) is 7.11. The summed E-state index contributed by atoms with van der Waals surface area (Å²) in [5, 5.41) is -0.107. The average Bonchev–Trinajstić information content (AvgIpc) is 2.70. The molecule has 0 aromatic carbocycles. The average molecular weight is 252 g/mol. The first-order valence-electron chi connectivity index (χ1n) is 6.13. The Hall–Kier alpha value is -0.870. The lowest BCUT2D eigenvalue weighted by molar-refractivity contribution is -0.118. The van der Waals surface area contributed by atoms with Crippen molar-refractivity contribution in [2.45, 2.75) is 49.8 Å². The number of hydrogen-bond acceptors (Lipinski definition) is 4. The maximum absolute atomic E-state index is 11.8. The number of carbonyl (C=O) groups excluding carboxylic acids is 1. The predicted octanol–water partition coefficient (Wildman–Crippen LogP) is 2.95. The predicted molar refractivity (Wildman–Crippen MR) is 72.1 cm³/mol. The van der Waals surface area contributed by atoms with E-state index in [1.165, 1.54) is 0 Å². The second-order valence-corrected chi connectivity index (χ2v) is 4.88. The minimum Gasteiger partial charge on any atom is -0.323 e. The van der Waals surface area contributed by atoms with E-state index in [0.29, 0.717) is 6.42 Å². The molecular formula is C13H20N2OS. The van der Waals surface area contributed by atoms with Crippen molar-refractivity contribution in [2.24, 2.45) is 5.73 Å². The number of rotatable bonds is 3. The van der Waals surface area contributed by atoms with E-state index in [9.17, 15) is 4.79 Å². The molecule has 0 bridgehead atoms. The monoisotopic (exact) mass is 252 g/mol. The molecule has 0 spiro atoms. The second-order valence-electron chi connectivity index (χ2n) is 3.69. The molecule has 4 heteroatoms. The van der Waals surface area contributed by atoms with Gasteiger partial charge in [-0.15, -0.1) is 11.8 Å². The highest BCUT2D eigenvalue weighted by Gasteiger charge is 2.34. The maximum Gasteiger partial charge on any atom is 0.148 e. The minimum absolute atomic E-state index is 0.107. The fourth-order valence-electron chi connectivity index (χ4n) is 1.79. The molecule has 1 aromatic heterocycles. The van der Waals surface area contributed by atoms with Gasteiger partial charge in [-0.1, -0.05) is 20.8 Å². The third-order valence-corrected chi connectivity index (χ3v) is 3.97. The highest BCUT2D eigenvalue weighted by atomic mass is 32.2. The van der Waals surface area contributed by atoms with Gasteiger partial charge < -0.3 is 5.73 Å². The van der Waals surface area contributed by atoms with Gasteiger partial charge in [-0.2, -0.15) is 0 Å². The zero-order valence-electron chi connectivity index (χ0n) is 10.6. The molecule has 2 unspecified atom stereocenters. The molecule has 3 nitrogen and oxygen atoms in total. The van der Waals surface area contributed by atoms with Crippen molar-refractivity contribution < 1.29 is 4.79 Å². The number of fused-ring (bicyclic) bond motifs is 1. The van der Waals surface area contributed by atoms with E-state index in [1.54, 1.807) is 24.2 Å². The van der Waals surface area contributed by atoms with Gasteiger partial charge in [-0.25, -0.2) is 0 Å². The molecule has 2 atom stereocenters. The van der Waals surface area contributed by atoms with Gasteiger partial charge in [0.1, 0.15) is 5.78 Å². The van der Waals surface area contributed by atoms with Crippen LogP contribution in [0, 0.1) is 0 Å². The van der Waals surface area contributed by atoms with E-state index >= 15 is 0 Å². The number of ketones is 1. The van der Waals surface area contributed by atoms with Gasteiger partial charge in [0.05, 0.1) is 11.3 Å². The lowest BCUT2D eigenvalue weighted by Crippen LogP contribution is -2.27. The number of Topliss-reactive ketones (excluding diaryl/α,β-unsaturated/α-hetero) is 1. The standard InChI is InChI=1S/C11H14N2OS.C2H6/c1-2-3-8(14)11-10(12)7-4-5-13-6-9(7)15-11;1-2/h4-6,10-11H,2-3,12H2,1H3;1-2H3. The Labute approximate surface area is 107 Å². The number of nitrogens with two attached hydrogens (primary N) is 1. The highest BCUT2D eigenvalue weighted by molar-refractivity contribution is 8.01. The first-order valence-corrected chi connectivity index (χ1v) is 7.01. The molecule has 0 radical (unpaired) electrons. The van der Waals surface area contributed by atoms with Crippen molar-refractivity contribution in [1.29, 1.82) is 0 Å². The van der Waals surface area contributed by atoms with Crippen LogP contribution in [0.2, 0.25) is 0 Å². The van der Waals surface area contributed by atoms with Crippen molar-refractivity contribution in [3.05, 3.63) is 24.0 Å². The Bertz CT molecular complexity index is 381. The molecule has 1 aliphatic heterocycles. The van der Waals surface area contributed by atoms with Crippen LogP contribution in [-0.2, 0) is 4.79 Å². The fraction of sp³-hybridized carbons (Fsp3) is 0.538. The number of carbonyl (C=O) groups is 1. The molecule has 94 valence electrons. The van der Waals surface area contributed by atoms with E-state index in [-0.39, 0.29) is 17.1 Å². The summed E-state index contributed by atoms with van der Waals surface area (Å²) in [5.74, 6) is 0.256. The molecule has 0 fully saturated rings. The summed E-state index contributed by atoms with van der Waals surface area (Å²) in [6.45, 7) is 6.01. The zero-order valence-corrected chi connectivity index (χ0v) is 11.5. The van der Waals surface area contributed by atoms with E-state index in [2.05, 4.69) is 4.98 Å². The molecular weight excluding hydrogens is 232 g/mol. The first-order chi connectivity index (χ1) is 8.24. The Morgan fingerprint density at radius 3 is 2.82 bits per heavy atom. The number of aromatic nitrogens is 1. The summed E-state index contributed by atoms with van der Waals surface area (Å²) in [6.07, 6.45) is 5.02. The van der Waals surface area contributed by atoms with Crippen molar-refractivity contribution in [3.63, 3.8) is 0 Å². The van der Waals surface area contributed by atoms with Crippen molar-refractivity contribution in [1.82, 2.24) is 4.98 Å². The second kappa shape index (κ2) is 6.77. The van der Waals surface area contributed by atoms with Crippen LogP contribution in [0.3, 0.4) is 0 Å². The molecule has 0 amide bonds. The molecule has 0 saturated carbocycles. The van der Waals surface area contributed by atoms with Crippen LogP contribution in [0.15, 0.2) is 23.4 Å². The summed E-state index contributed by atoms with van der Waals surface area (Å²) in [6, 6.07) is 1.75. The van der Waals surface area contributed by atoms with Gasteiger partial charge >= 0.3 is 0 Å². The zero-order chi connectivity index (χ0) is 12.8. The third kappa shape index (κ3) is 3.07. The molecule has 2 N–H and O–H groups in total. The molecule has 17 heavy (non-hydrogen) atoms. The summed E-state index contributed by atoms with van der Waals surface area (Å²) in [7, 11) is 0. The number of nitrogens with zero attached hydrogens (tertiary/aromatic N) is 1. The summed E-state index contributed by atoms with van der Waals surface area (Å²) >= 11 is 1.56. The Kier molecular flexibility index (Phi) is 5.65. The van der Waals surface area contributed by atoms with Crippen LogP contribution >= 0.6 is 11.8 Å². The quantitative estimate of drug-likeness (QED) is 0.898. The SMILES string of the molecule is CC.CCCC(=O)C1Sc2cnccc2C1N. The van der Waals surface area contributed by atoms with Gasteiger partial charge in [0, 0.05) is 23.7 Å². The van der Waals surface area contributed by atoms with E-state index < -0.39 is 0 Å². The largest absolute Gasteiger partial charge is 0.323 e. The van der Waals surface area contributed by atoms with Gasteiger partial charge in [0.2, 0.25) is 0 Å². The van der Waals surface area contributed by atoms with Gasteiger partial charge in [-0.3, -0.25) is 9.78 Å². The molecule has 2 heterocycles. The van der Waals surface area contributed by atoms with Gasteiger partial charge in [-0.05, 0) is 18.1 Å². The minimum atomic E-state index is -0.160. The van der Waals surface area contributed by atoms with Crippen LogP contribution in [0.4, 0.5) is 0 Å². The van der Waals surface area contributed by atoms with Crippen LogP contribution in [0.5, 0.6) is 0 Å². The molecule has 1 aliphatic rings. The maximum atomic E-state index is 11.8. The van der Waals surface area contributed by atoms with E-state index in [1.807, 2.05) is 26.8 Å². The molecule has 0 saturated heterocycles. The summed E-state index contributed by atoms with van der Waals surface area (Å²) < 4.78 is 0. The number of hydrogen-bond donors (Lipinski definition) is 1.